The molecule has 2 saturated heterocycles. The van der Waals surface area contributed by atoms with Gasteiger partial charge in [0.05, 0.1) is 26.4 Å². The first-order valence-corrected chi connectivity index (χ1v) is 11.1. The molecule has 0 spiro atoms. The molecule has 3 aromatic carbocycles. The zero-order chi connectivity index (χ0) is 21.6. The lowest BCUT2D eigenvalue weighted by molar-refractivity contribution is -0.268. The van der Waals surface area contributed by atoms with Crippen molar-refractivity contribution in [3.8, 4) is 0 Å². The minimum absolute atomic E-state index is 0.180. The van der Waals surface area contributed by atoms with Crippen LogP contribution in [0.5, 0.6) is 0 Å². The van der Waals surface area contributed by atoms with Gasteiger partial charge in [0.1, 0.15) is 24.4 Å². The average Bonchev–Trinajstić information content (AvgIpc) is 3.29. The molecule has 5 atom stereocenters. The molecule has 2 fully saturated rings. The fourth-order valence-electron chi connectivity index (χ4n) is 4.20. The summed E-state index contributed by atoms with van der Waals surface area (Å²) in [5.41, 5.74) is 3.31. The molecule has 5 heteroatoms. The van der Waals surface area contributed by atoms with E-state index in [1.165, 1.54) is 0 Å². The second-order valence-corrected chi connectivity index (χ2v) is 8.16. The van der Waals surface area contributed by atoms with Crippen LogP contribution < -0.4 is 0 Å². The van der Waals surface area contributed by atoms with Crippen molar-refractivity contribution in [2.24, 2.45) is 0 Å². The number of rotatable bonds is 9. The van der Waals surface area contributed by atoms with Crippen molar-refractivity contribution in [2.75, 3.05) is 6.61 Å². The average molecular weight is 433 g/mol. The predicted molar refractivity (Wildman–Crippen MR) is 120 cm³/mol. The van der Waals surface area contributed by atoms with Crippen LogP contribution in [-0.4, -0.2) is 37.3 Å². The molecular formula is C27H28O5. The molecule has 0 aliphatic carbocycles. The van der Waals surface area contributed by atoms with Crippen molar-refractivity contribution >= 4 is 0 Å². The van der Waals surface area contributed by atoms with Gasteiger partial charge >= 0.3 is 0 Å². The molecule has 3 aromatic rings. The fourth-order valence-corrected chi connectivity index (χ4v) is 4.20. The second kappa shape index (κ2) is 10.4. The Morgan fingerprint density at radius 1 is 0.562 bits per heavy atom. The van der Waals surface area contributed by atoms with Gasteiger partial charge in [-0.05, 0) is 16.7 Å². The molecule has 166 valence electrons. The van der Waals surface area contributed by atoms with Crippen LogP contribution in [0.4, 0.5) is 0 Å². The van der Waals surface area contributed by atoms with E-state index in [-0.39, 0.29) is 18.3 Å². The Morgan fingerprint density at radius 2 is 1.00 bits per heavy atom. The highest BCUT2D eigenvalue weighted by atomic mass is 16.8. The number of ether oxygens (including phenoxy) is 5. The van der Waals surface area contributed by atoms with E-state index in [1.807, 2.05) is 66.7 Å². The first-order chi connectivity index (χ1) is 15.9. The van der Waals surface area contributed by atoms with Gasteiger partial charge in [-0.25, -0.2) is 0 Å². The van der Waals surface area contributed by atoms with Gasteiger partial charge in [-0.1, -0.05) is 91.0 Å². The lowest BCUT2D eigenvalue weighted by atomic mass is 10.00. The summed E-state index contributed by atoms with van der Waals surface area (Å²) in [5.74, 6) is 0. The van der Waals surface area contributed by atoms with Crippen LogP contribution in [0.15, 0.2) is 91.0 Å². The molecule has 2 aliphatic rings. The Labute approximate surface area is 188 Å². The van der Waals surface area contributed by atoms with Crippen molar-refractivity contribution in [1.82, 2.24) is 0 Å². The van der Waals surface area contributed by atoms with Crippen molar-refractivity contribution in [2.45, 2.75) is 50.5 Å². The third-order valence-corrected chi connectivity index (χ3v) is 5.87. The van der Waals surface area contributed by atoms with Gasteiger partial charge in [0.2, 0.25) is 0 Å². The zero-order valence-electron chi connectivity index (χ0n) is 17.9. The topological polar surface area (TPSA) is 46.2 Å². The lowest BCUT2D eigenvalue weighted by Crippen LogP contribution is -2.56. The first-order valence-electron chi connectivity index (χ1n) is 11.1. The largest absolute Gasteiger partial charge is 0.368 e. The maximum Gasteiger partial charge on any atom is 0.187 e. The van der Waals surface area contributed by atoms with Crippen molar-refractivity contribution in [1.29, 1.82) is 0 Å². The highest BCUT2D eigenvalue weighted by Gasteiger charge is 2.52. The van der Waals surface area contributed by atoms with E-state index in [0.29, 0.717) is 26.4 Å². The summed E-state index contributed by atoms with van der Waals surface area (Å²) in [5, 5.41) is 0. The number of fused-ring (bicyclic) bond motifs is 2. The molecule has 0 amide bonds. The van der Waals surface area contributed by atoms with Crippen molar-refractivity contribution < 1.29 is 23.7 Å². The Kier molecular flexibility index (Phi) is 6.92. The quantitative estimate of drug-likeness (QED) is 0.498. The Balaban J connectivity index is 1.33. The summed E-state index contributed by atoms with van der Waals surface area (Å²) < 4.78 is 31.2. The predicted octanol–water partition coefficient (Wildman–Crippen LogP) is 4.50. The maximum absolute atomic E-state index is 6.44. The molecule has 5 nitrogen and oxygen atoms in total. The third-order valence-electron chi connectivity index (χ3n) is 5.87. The van der Waals surface area contributed by atoms with Gasteiger partial charge in [0.15, 0.2) is 6.29 Å². The molecule has 0 radical (unpaired) electrons. The summed E-state index contributed by atoms with van der Waals surface area (Å²) in [7, 11) is 0. The molecule has 0 aromatic heterocycles. The highest BCUT2D eigenvalue weighted by molar-refractivity contribution is 5.15. The summed E-state index contributed by atoms with van der Waals surface area (Å²) in [6.45, 7) is 1.88. The van der Waals surface area contributed by atoms with E-state index in [0.717, 1.165) is 16.7 Å². The maximum atomic E-state index is 6.44. The van der Waals surface area contributed by atoms with Crippen LogP contribution in [0.1, 0.15) is 16.7 Å². The van der Waals surface area contributed by atoms with Gasteiger partial charge in [0.25, 0.3) is 0 Å². The molecule has 2 bridgehead atoms. The second-order valence-electron chi connectivity index (χ2n) is 8.16. The van der Waals surface area contributed by atoms with Gasteiger partial charge in [-0.2, -0.15) is 0 Å². The summed E-state index contributed by atoms with van der Waals surface area (Å²) in [6.07, 6.45) is -1.63. The Bertz CT molecular complexity index is 892. The fraction of sp³-hybridized carbons (Fsp3) is 0.333. The zero-order valence-corrected chi connectivity index (χ0v) is 17.9. The Hall–Kier alpha value is -2.54. The molecular weight excluding hydrogens is 404 g/mol. The van der Waals surface area contributed by atoms with Gasteiger partial charge in [-0.15, -0.1) is 0 Å². The lowest BCUT2D eigenvalue weighted by Gasteiger charge is -2.40. The molecule has 32 heavy (non-hydrogen) atoms. The number of hydrogen-bond acceptors (Lipinski definition) is 5. The monoisotopic (exact) mass is 432 g/mol. The van der Waals surface area contributed by atoms with Crippen molar-refractivity contribution in [3.05, 3.63) is 108 Å². The van der Waals surface area contributed by atoms with E-state index in [4.69, 9.17) is 23.7 Å². The van der Waals surface area contributed by atoms with Crippen LogP contribution in [0.25, 0.3) is 0 Å². The molecule has 0 N–H and O–H groups in total. The van der Waals surface area contributed by atoms with Gasteiger partial charge in [-0.3, -0.25) is 0 Å². The summed E-state index contributed by atoms with van der Waals surface area (Å²) >= 11 is 0. The smallest absolute Gasteiger partial charge is 0.187 e. The molecule has 5 rings (SSSR count). The van der Waals surface area contributed by atoms with Crippen LogP contribution >= 0.6 is 0 Å². The van der Waals surface area contributed by atoms with E-state index >= 15 is 0 Å². The number of benzene rings is 3. The third kappa shape index (κ3) is 5.09. The van der Waals surface area contributed by atoms with Crippen LogP contribution in [0.2, 0.25) is 0 Å². The van der Waals surface area contributed by atoms with E-state index in [2.05, 4.69) is 24.3 Å². The van der Waals surface area contributed by atoms with Crippen LogP contribution in [-0.2, 0) is 43.5 Å². The minimum atomic E-state index is -0.457. The summed E-state index contributed by atoms with van der Waals surface area (Å²) in [4.78, 5) is 0. The first kappa shape index (κ1) is 21.3. The van der Waals surface area contributed by atoms with E-state index in [9.17, 15) is 0 Å². The highest BCUT2D eigenvalue weighted by Crippen LogP contribution is 2.35. The minimum Gasteiger partial charge on any atom is -0.368 e. The standard InChI is InChI=1S/C27H28O5/c1-4-10-20(11-5-1)16-28-24-23-19-31-27(32-23)26(30-18-22-14-8-3-9-15-22)25(24)29-17-21-12-6-2-7-13-21/h1-15,23-27H,16-19H2/t23-,24+,25-,26-,27+/m1/s1. The Morgan fingerprint density at radius 3 is 1.50 bits per heavy atom. The molecule has 2 aliphatic heterocycles. The number of hydrogen-bond donors (Lipinski definition) is 0. The molecule has 0 saturated carbocycles. The van der Waals surface area contributed by atoms with Crippen LogP contribution in [0, 0.1) is 0 Å². The normalized spacial score (nSPS) is 26.8. The van der Waals surface area contributed by atoms with Crippen molar-refractivity contribution in [3.63, 3.8) is 0 Å². The van der Waals surface area contributed by atoms with Gasteiger partial charge in [0, 0.05) is 0 Å². The van der Waals surface area contributed by atoms with E-state index in [1.54, 1.807) is 0 Å². The van der Waals surface area contributed by atoms with Crippen LogP contribution in [0.3, 0.4) is 0 Å². The molecule has 2 heterocycles. The SMILES string of the molecule is c1ccc(CO[C@@H]2[C@@H](OCc3ccccc3)[C@H]3CO[C@@H](O3)[C@@H]2OCc2ccccc2)cc1. The van der Waals surface area contributed by atoms with Gasteiger partial charge < -0.3 is 23.7 Å². The van der Waals surface area contributed by atoms with E-state index < -0.39 is 12.4 Å². The molecule has 0 unspecified atom stereocenters. The summed E-state index contributed by atoms with van der Waals surface area (Å²) in [6, 6.07) is 30.4.